The normalized spacial score (nSPS) is 10.8. The molecule has 0 atom stereocenters. The van der Waals surface area contributed by atoms with E-state index in [0.717, 1.165) is 26.9 Å². The smallest absolute Gasteiger partial charge is 0.335 e. The van der Waals surface area contributed by atoms with Crippen molar-refractivity contribution in [3.8, 4) is 5.75 Å². The average Bonchev–Trinajstić information content (AvgIpc) is 2.48. The first-order chi connectivity index (χ1) is 10.4. The minimum Gasteiger partial charge on any atom is -0.489 e. The lowest BCUT2D eigenvalue weighted by Gasteiger charge is -2.16. The Hall–Kier alpha value is -1.81. The number of halogens is 1. The third-order valence-corrected chi connectivity index (χ3v) is 4.34. The van der Waals surface area contributed by atoms with E-state index >= 15 is 0 Å². The summed E-state index contributed by atoms with van der Waals surface area (Å²) in [6.07, 6.45) is 0. The van der Waals surface area contributed by atoms with Crippen LogP contribution in [0, 0.1) is 6.92 Å². The summed E-state index contributed by atoms with van der Waals surface area (Å²) in [5.41, 5.74) is 3.36. The molecule has 2 aromatic carbocycles. The summed E-state index contributed by atoms with van der Waals surface area (Å²) < 4.78 is 7.01. The van der Waals surface area contributed by atoms with Gasteiger partial charge in [0.15, 0.2) is 0 Å². The van der Waals surface area contributed by atoms with Gasteiger partial charge in [0, 0.05) is 4.47 Å². The molecule has 0 aliphatic heterocycles. The quantitative estimate of drug-likeness (QED) is 0.798. The Morgan fingerprint density at radius 1 is 1.27 bits per heavy atom. The van der Waals surface area contributed by atoms with Gasteiger partial charge in [0.05, 0.1) is 5.56 Å². The zero-order valence-electron chi connectivity index (χ0n) is 12.9. The van der Waals surface area contributed by atoms with Crippen LogP contribution in [-0.4, -0.2) is 11.1 Å². The second kappa shape index (κ2) is 6.97. The van der Waals surface area contributed by atoms with Crippen LogP contribution in [-0.2, 0) is 6.61 Å². The molecule has 0 unspecified atom stereocenters. The number of aryl methyl sites for hydroxylation is 1. The number of hydrogen-bond acceptors (Lipinski definition) is 2. The van der Waals surface area contributed by atoms with Gasteiger partial charge < -0.3 is 9.84 Å². The zero-order valence-corrected chi connectivity index (χ0v) is 14.5. The Morgan fingerprint density at radius 2 is 2.00 bits per heavy atom. The molecule has 0 saturated heterocycles. The van der Waals surface area contributed by atoms with E-state index < -0.39 is 5.97 Å². The van der Waals surface area contributed by atoms with Crippen LogP contribution in [0.25, 0.3) is 0 Å². The van der Waals surface area contributed by atoms with E-state index in [9.17, 15) is 4.79 Å². The van der Waals surface area contributed by atoms with Gasteiger partial charge in [-0.3, -0.25) is 0 Å². The molecule has 0 fully saturated rings. The van der Waals surface area contributed by atoms with Gasteiger partial charge in [-0.1, -0.05) is 41.9 Å². The molecule has 0 saturated carbocycles. The maximum atomic E-state index is 11.0. The Kier molecular flexibility index (Phi) is 5.24. The van der Waals surface area contributed by atoms with Crippen LogP contribution in [0.4, 0.5) is 0 Å². The molecule has 2 aromatic rings. The summed E-state index contributed by atoms with van der Waals surface area (Å²) in [6, 6.07) is 10.9. The molecule has 0 aliphatic carbocycles. The van der Waals surface area contributed by atoms with Crippen molar-refractivity contribution in [2.75, 3.05) is 0 Å². The van der Waals surface area contributed by atoms with Gasteiger partial charge in [-0.2, -0.15) is 0 Å². The molecule has 0 spiro atoms. The van der Waals surface area contributed by atoms with Crippen LogP contribution < -0.4 is 4.74 Å². The molecule has 3 nitrogen and oxygen atoms in total. The van der Waals surface area contributed by atoms with Crippen molar-refractivity contribution >= 4 is 21.9 Å². The summed E-state index contributed by atoms with van der Waals surface area (Å²) >= 11 is 3.55. The lowest BCUT2D eigenvalue weighted by atomic mass is 10.0. The molecule has 0 aromatic heterocycles. The number of benzene rings is 2. The van der Waals surface area contributed by atoms with Crippen molar-refractivity contribution < 1.29 is 14.6 Å². The minimum absolute atomic E-state index is 0.275. The lowest BCUT2D eigenvalue weighted by Crippen LogP contribution is -2.03. The van der Waals surface area contributed by atoms with E-state index in [1.165, 1.54) is 0 Å². The summed E-state index contributed by atoms with van der Waals surface area (Å²) in [5.74, 6) is 0.262. The molecule has 2 rings (SSSR count). The van der Waals surface area contributed by atoms with Crippen molar-refractivity contribution in [2.24, 2.45) is 0 Å². The van der Waals surface area contributed by atoms with E-state index in [1.807, 2.05) is 19.1 Å². The summed E-state index contributed by atoms with van der Waals surface area (Å²) in [4.78, 5) is 11.0. The maximum absolute atomic E-state index is 11.0. The number of rotatable bonds is 5. The summed E-state index contributed by atoms with van der Waals surface area (Å²) in [5, 5.41) is 9.03. The lowest BCUT2D eigenvalue weighted by molar-refractivity contribution is 0.0696. The van der Waals surface area contributed by atoms with Gasteiger partial charge in [0.25, 0.3) is 0 Å². The molecule has 0 heterocycles. The third kappa shape index (κ3) is 3.89. The average molecular weight is 363 g/mol. The highest BCUT2D eigenvalue weighted by Gasteiger charge is 2.11. The monoisotopic (exact) mass is 362 g/mol. The van der Waals surface area contributed by atoms with Gasteiger partial charge in [-0.05, 0) is 53.8 Å². The topological polar surface area (TPSA) is 46.5 Å². The van der Waals surface area contributed by atoms with E-state index in [1.54, 1.807) is 18.2 Å². The van der Waals surface area contributed by atoms with Crippen LogP contribution in [0.2, 0.25) is 0 Å². The molecule has 0 radical (unpaired) electrons. The third-order valence-electron chi connectivity index (χ3n) is 3.48. The van der Waals surface area contributed by atoms with Gasteiger partial charge in [-0.25, -0.2) is 4.79 Å². The first-order valence-electron chi connectivity index (χ1n) is 7.13. The number of carboxylic acids is 1. The van der Waals surface area contributed by atoms with Crippen molar-refractivity contribution in [1.82, 2.24) is 0 Å². The molecule has 116 valence electrons. The maximum Gasteiger partial charge on any atom is 0.335 e. The number of carbonyl (C=O) groups is 1. The molecule has 0 aliphatic rings. The Bertz CT molecular complexity index is 693. The standard InChI is InChI=1S/C18H19BrO3/c1-11(2)15-9-16(19)12(3)7-17(15)22-10-13-5-4-6-14(8-13)18(20)21/h4-9,11H,10H2,1-3H3,(H,20,21). The molecular formula is C18H19BrO3. The van der Waals surface area contributed by atoms with Crippen molar-refractivity contribution in [3.05, 3.63) is 63.1 Å². The SMILES string of the molecule is Cc1cc(OCc2cccc(C(=O)O)c2)c(C(C)C)cc1Br. The highest BCUT2D eigenvalue weighted by atomic mass is 79.9. The summed E-state index contributed by atoms with van der Waals surface area (Å²) in [6.45, 7) is 6.61. The van der Waals surface area contributed by atoms with E-state index in [-0.39, 0.29) is 5.56 Å². The van der Waals surface area contributed by atoms with Gasteiger partial charge in [-0.15, -0.1) is 0 Å². The highest BCUT2D eigenvalue weighted by molar-refractivity contribution is 9.10. The second-order valence-electron chi connectivity index (χ2n) is 5.59. The van der Waals surface area contributed by atoms with Crippen LogP contribution >= 0.6 is 15.9 Å². The van der Waals surface area contributed by atoms with Crippen molar-refractivity contribution in [3.63, 3.8) is 0 Å². The Balaban J connectivity index is 2.23. The van der Waals surface area contributed by atoms with Crippen LogP contribution in [0.5, 0.6) is 5.75 Å². The Morgan fingerprint density at radius 3 is 2.64 bits per heavy atom. The van der Waals surface area contributed by atoms with Gasteiger partial charge in [0.2, 0.25) is 0 Å². The summed E-state index contributed by atoms with van der Waals surface area (Å²) in [7, 11) is 0. The number of hydrogen-bond donors (Lipinski definition) is 1. The predicted molar refractivity (Wildman–Crippen MR) is 90.7 cm³/mol. The van der Waals surface area contributed by atoms with E-state index in [0.29, 0.717) is 12.5 Å². The molecule has 0 bridgehead atoms. The fourth-order valence-corrected chi connectivity index (χ4v) is 2.56. The second-order valence-corrected chi connectivity index (χ2v) is 6.44. The van der Waals surface area contributed by atoms with Crippen molar-refractivity contribution in [1.29, 1.82) is 0 Å². The van der Waals surface area contributed by atoms with Gasteiger partial charge >= 0.3 is 5.97 Å². The van der Waals surface area contributed by atoms with Crippen LogP contribution in [0.3, 0.4) is 0 Å². The Labute approximate surface area is 139 Å². The molecular weight excluding hydrogens is 344 g/mol. The van der Waals surface area contributed by atoms with Crippen molar-refractivity contribution in [2.45, 2.75) is 33.3 Å². The molecule has 0 amide bonds. The molecule has 22 heavy (non-hydrogen) atoms. The first kappa shape index (κ1) is 16.6. The number of carboxylic acid groups (broad SMARTS) is 1. The van der Waals surface area contributed by atoms with Crippen LogP contribution in [0.15, 0.2) is 40.9 Å². The predicted octanol–water partition coefficient (Wildman–Crippen LogP) is 5.16. The number of ether oxygens (including phenoxy) is 1. The minimum atomic E-state index is -0.927. The fourth-order valence-electron chi connectivity index (χ4n) is 2.20. The van der Waals surface area contributed by atoms with Crippen LogP contribution in [0.1, 0.15) is 46.8 Å². The van der Waals surface area contributed by atoms with Gasteiger partial charge in [0.1, 0.15) is 12.4 Å². The molecule has 1 N–H and O–H groups in total. The van der Waals surface area contributed by atoms with E-state index in [4.69, 9.17) is 9.84 Å². The number of aromatic carboxylic acids is 1. The zero-order chi connectivity index (χ0) is 16.3. The first-order valence-corrected chi connectivity index (χ1v) is 7.93. The largest absolute Gasteiger partial charge is 0.489 e. The highest BCUT2D eigenvalue weighted by Crippen LogP contribution is 2.32. The fraction of sp³-hybridized carbons (Fsp3) is 0.278. The molecule has 4 heteroatoms. The van der Waals surface area contributed by atoms with E-state index in [2.05, 4.69) is 35.8 Å².